The van der Waals surface area contributed by atoms with E-state index in [1.54, 1.807) is 18.2 Å². The Morgan fingerprint density at radius 2 is 1.76 bits per heavy atom. The minimum Gasteiger partial charge on any atom is -1.00 e. The molecule has 2 rings (SSSR count). The first kappa shape index (κ1) is 29.8. The van der Waals surface area contributed by atoms with Gasteiger partial charge in [0.15, 0.2) is 0 Å². The van der Waals surface area contributed by atoms with Crippen LogP contribution in [0.3, 0.4) is 0 Å². The normalized spacial score (nSPS) is 18.2. The summed E-state index contributed by atoms with van der Waals surface area (Å²) in [7, 11) is 2.19. The Hall–Kier alpha value is -2.26. The van der Waals surface area contributed by atoms with E-state index in [1.807, 2.05) is 23.1 Å². The third-order valence-corrected chi connectivity index (χ3v) is 6.14. The van der Waals surface area contributed by atoms with E-state index in [0.29, 0.717) is 6.61 Å². The highest BCUT2D eigenvalue weighted by Gasteiger charge is 2.28. The molecule has 1 aliphatic heterocycles. The molecule has 34 heavy (non-hydrogen) atoms. The lowest BCUT2D eigenvalue weighted by atomic mass is 10.1. The van der Waals surface area contributed by atoms with Gasteiger partial charge in [-0.05, 0) is 37.5 Å². The standard InChI is InChI=1S/C25H38N3O5.BrH/c1-22(29)33-20-9-7-5-3-4-6-8-11-25(30)26-16-10-18-28(2,19-17-26)21-23-12-14-24(15-13-23)27(31)32;/h8,11-15H,3-7,9-10,16-21H2,1-2H3;1H/q+1;/p-1/b11-8+;. The molecule has 1 aromatic carbocycles. The van der Waals surface area contributed by atoms with E-state index in [0.717, 1.165) is 87.7 Å². The Morgan fingerprint density at radius 3 is 2.44 bits per heavy atom. The number of hydrogen-bond donors (Lipinski definition) is 0. The minimum absolute atomic E-state index is 0. The van der Waals surface area contributed by atoms with Gasteiger partial charge in [0.2, 0.25) is 5.91 Å². The topological polar surface area (TPSA) is 89.8 Å². The van der Waals surface area contributed by atoms with Crippen LogP contribution in [0, 0.1) is 10.1 Å². The van der Waals surface area contributed by atoms with Crippen molar-refractivity contribution in [1.29, 1.82) is 0 Å². The number of esters is 1. The number of quaternary nitrogens is 1. The number of amides is 1. The number of carbonyl (C=O) groups is 2. The van der Waals surface area contributed by atoms with Crippen LogP contribution in [0.1, 0.15) is 57.4 Å². The molecule has 9 heteroatoms. The summed E-state index contributed by atoms with van der Waals surface area (Å²) in [5.74, 6) is -0.137. The van der Waals surface area contributed by atoms with Crippen LogP contribution in [-0.4, -0.2) is 66.0 Å². The first-order valence-corrected chi connectivity index (χ1v) is 11.9. The van der Waals surface area contributed by atoms with Gasteiger partial charge in [-0.15, -0.1) is 0 Å². The van der Waals surface area contributed by atoms with Crippen LogP contribution >= 0.6 is 0 Å². The highest BCUT2D eigenvalue weighted by atomic mass is 79.9. The molecular weight excluding hydrogens is 502 g/mol. The van der Waals surface area contributed by atoms with Crippen LogP contribution in [0.15, 0.2) is 36.4 Å². The number of benzene rings is 1. The van der Waals surface area contributed by atoms with E-state index >= 15 is 0 Å². The number of nitro benzene ring substituents is 1. The van der Waals surface area contributed by atoms with E-state index in [4.69, 9.17) is 4.74 Å². The number of allylic oxidation sites excluding steroid dienone is 1. The summed E-state index contributed by atoms with van der Waals surface area (Å²) in [6.45, 7) is 6.06. The number of likely N-dealkylation sites (N-methyl/N-ethyl adjacent to an activating group) is 1. The van der Waals surface area contributed by atoms with Crippen LogP contribution in [-0.2, 0) is 20.9 Å². The van der Waals surface area contributed by atoms with Gasteiger partial charge in [-0.1, -0.05) is 25.3 Å². The molecule has 0 saturated carbocycles. The Labute approximate surface area is 213 Å². The summed E-state index contributed by atoms with van der Waals surface area (Å²) in [4.78, 5) is 35.7. The lowest BCUT2D eigenvalue weighted by Gasteiger charge is -2.33. The van der Waals surface area contributed by atoms with Gasteiger partial charge < -0.3 is 31.1 Å². The summed E-state index contributed by atoms with van der Waals surface area (Å²) in [5, 5.41) is 10.8. The Kier molecular flexibility index (Phi) is 13.7. The fraction of sp³-hybridized carbons (Fsp3) is 0.600. The fourth-order valence-electron chi connectivity index (χ4n) is 4.17. The summed E-state index contributed by atoms with van der Waals surface area (Å²) < 4.78 is 5.74. The second-order valence-electron chi connectivity index (χ2n) is 9.13. The quantitative estimate of drug-likeness (QED) is 0.0995. The summed E-state index contributed by atoms with van der Waals surface area (Å²) in [6.07, 6.45) is 10.8. The maximum atomic E-state index is 12.6. The lowest BCUT2D eigenvalue weighted by molar-refractivity contribution is -0.920. The summed E-state index contributed by atoms with van der Waals surface area (Å²) in [5.41, 5.74) is 1.19. The van der Waals surface area contributed by atoms with Crippen molar-refractivity contribution in [3.05, 3.63) is 52.1 Å². The van der Waals surface area contributed by atoms with E-state index < -0.39 is 0 Å². The molecule has 1 fully saturated rings. The number of hydrogen-bond acceptors (Lipinski definition) is 5. The van der Waals surface area contributed by atoms with Crippen LogP contribution in [0.5, 0.6) is 0 Å². The van der Waals surface area contributed by atoms with Crippen molar-refractivity contribution in [1.82, 2.24) is 4.90 Å². The number of rotatable bonds is 12. The van der Waals surface area contributed by atoms with Crippen LogP contribution in [0.25, 0.3) is 0 Å². The average Bonchev–Trinajstić information content (AvgIpc) is 2.96. The van der Waals surface area contributed by atoms with Crippen LogP contribution < -0.4 is 17.0 Å². The SMILES string of the molecule is CC(=O)OCCCCCCC/C=C/C(=O)N1CCC[N+](C)(Cc2ccc([N+](=O)[O-])cc2)CC1.[Br-]. The van der Waals surface area contributed by atoms with Gasteiger partial charge in [-0.3, -0.25) is 19.7 Å². The molecule has 1 aliphatic rings. The number of nitro groups is 1. The number of halogens is 1. The largest absolute Gasteiger partial charge is 1.00 e. The first-order valence-electron chi connectivity index (χ1n) is 11.9. The third-order valence-electron chi connectivity index (χ3n) is 6.14. The second-order valence-corrected chi connectivity index (χ2v) is 9.13. The molecule has 1 unspecified atom stereocenters. The van der Waals surface area contributed by atoms with E-state index in [-0.39, 0.29) is 39.5 Å². The Balaban J connectivity index is 0.00000578. The van der Waals surface area contributed by atoms with Crippen LogP contribution in [0.2, 0.25) is 0 Å². The number of unbranched alkanes of at least 4 members (excludes halogenated alkanes) is 5. The molecule has 0 N–H and O–H groups in total. The van der Waals surface area contributed by atoms with E-state index in [2.05, 4.69) is 7.05 Å². The molecule has 8 nitrogen and oxygen atoms in total. The molecule has 0 spiro atoms. The predicted molar refractivity (Wildman–Crippen MR) is 127 cm³/mol. The van der Waals surface area contributed by atoms with Gasteiger partial charge in [0, 0.05) is 37.6 Å². The van der Waals surface area contributed by atoms with E-state index in [9.17, 15) is 19.7 Å². The molecular formula is C25H38BrN3O5. The van der Waals surface area contributed by atoms with Gasteiger partial charge in [0.1, 0.15) is 6.54 Å². The number of carbonyl (C=O) groups excluding carboxylic acids is 2. The highest BCUT2D eigenvalue weighted by molar-refractivity contribution is 5.87. The summed E-state index contributed by atoms with van der Waals surface area (Å²) >= 11 is 0. The molecule has 0 radical (unpaired) electrons. The van der Waals surface area contributed by atoms with Crippen molar-refractivity contribution < 1.29 is 40.7 Å². The molecule has 1 atom stereocenters. The zero-order chi connectivity index (χ0) is 24.1. The molecule has 0 bridgehead atoms. The fourth-order valence-corrected chi connectivity index (χ4v) is 4.17. The van der Waals surface area contributed by atoms with E-state index in [1.165, 1.54) is 6.92 Å². The minimum atomic E-state index is -0.378. The zero-order valence-electron chi connectivity index (χ0n) is 20.4. The summed E-state index contributed by atoms with van der Waals surface area (Å²) in [6, 6.07) is 6.78. The number of ether oxygens (including phenoxy) is 1. The maximum Gasteiger partial charge on any atom is 0.302 e. The number of nitrogens with zero attached hydrogens (tertiary/aromatic N) is 3. The smallest absolute Gasteiger partial charge is 0.302 e. The second kappa shape index (κ2) is 15.6. The van der Waals surface area contributed by atoms with Gasteiger partial charge >= 0.3 is 5.97 Å². The monoisotopic (exact) mass is 539 g/mol. The zero-order valence-corrected chi connectivity index (χ0v) is 22.0. The molecule has 1 heterocycles. The Bertz CT molecular complexity index is 815. The first-order chi connectivity index (χ1) is 15.8. The molecule has 190 valence electrons. The van der Waals surface area contributed by atoms with Crippen molar-refractivity contribution >= 4 is 17.6 Å². The lowest BCUT2D eigenvalue weighted by Crippen LogP contribution is -3.00. The molecule has 1 saturated heterocycles. The van der Waals surface area contributed by atoms with Crippen molar-refractivity contribution in [2.45, 2.75) is 58.4 Å². The van der Waals surface area contributed by atoms with Crippen LogP contribution in [0.4, 0.5) is 5.69 Å². The molecule has 1 amide bonds. The van der Waals surface area contributed by atoms with Crippen molar-refractivity contribution in [2.75, 3.05) is 39.8 Å². The average molecular weight is 540 g/mol. The van der Waals surface area contributed by atoms with Crippen molar-refractivity contribution in [2.24, 2.45) is 0 Å². The molecule has 1 aromatic rings. The molecule has 0 aliphatic carbocycles. The predicted octanol–water partition coefficient (Wildman–Crippen LogP) is 1.24. The van der Waals surface area contributed by atoms with Gasteiger partial charge in [0.25, 0.3) is 5.69 Å². The Morgan fingerprint density at radius 1 is 1.09 bits per heavy atom. The molecule has 0 aromatic heterocycles. The third kappa shape index (κ3) is 11.2. The van der Waals surface area contributed by atoms with Crippen molar-refractivity contribution in [3.8, 4) is 0 Å². The number of non-ortho nitro benzene ring substituents is 1. The maximum absolute atomic E-state index is 12.6. The van der Waals surface area contributed by atoms with Gasteiger partial charge in [-0.25, -0.2) is 0 Å². The highest BCUT2D eigenvalue weighted by Crippen LogP contribution is 2.19. The van der Waals surface area contributed by atoms with Gasteiger partial charge in [0.05, 0.1) is 38.2 Å². The van der Waals surface area contributed by atoms with Gasteiger partial charge in [-0.2, -0.15) is 0 Å². The van der Waals surface area contributed by atoms with Crippen molar-refractivity contribution in [3.63, 3.8) is 0 Å².